The molecular formula is C9H17NO2. The van der Waals surface area contributed by atoms with E-state index in [0.29, 0.717) is 12.1 Å². The molecule has 3 nitrogen and oxygen atoms in total. The smallest absolute Gasteiger partial charge is 0.320 e. The molecule has 1 aliphatic rings. The van der Waals surface area contributed by atoms with E-state index >= 15 is 0 Å². The summed E-state index contributed by atoms with van der Waals surface area (Å²) in [5.74, 6) is -0.712. The number of carbonyl (C=O) groups is 1. The minimum absolute atomic E-state index is 0.336. The van der Waals surface area contributed by atoms with Gasteiger partial charge < -0.3 is 5.11 Å². The Balaban J connectivity index is 2.65. The molecule has 1 rings (SSSR count). The van der Waals surface area contributed by atoms with E-state index < -0.39 is 5.97 Å². The monoisotopic (exact) mass is 171 g/mol. The highest BCUT2D eigenvalue weighted by atomic mass is 16.4. The molecular weight excluding hydrogens is 154 g/mol. The molecule has 12 heavy (non-hydrogen) atoms. The maximum atomic E-state index is 10.7. The number of carboxylic acid groups (broad SMARTS) is 1. The van der Waals surface area contributed by atoms with Crippen molar-refractivity contribution in [3.05, 3.63) is 0 Å². The van der Waals surface area contributed by atoms with Crippen molar-refractivity contribution in [2.24, 2.45) is 0 Å². The molecule has 0 spiro atoms. The third kappa shape index (κ3) is 1.61. The fourth-order valence-electron chi connectivity index (χ4n) is 2.11. The second-order valence-electron chi connectivity index (χ2n) is 3.74. The molecule has 0 aromatic heterocycles. The Morgan fingerprint density at radius 3 is 2.17 bits per heavy atom. The van der Waals surface area contributed by atoms with Gasteiger partial charge in [0.1, 0.15) is 6.04 Å². The first-order valence-corrected chi connectivity index (χ1v) is 4.54. The lowest BCUT2D eigenvalue weighted by atomic mass is 10.2. The predicted octanol–water partition coefficient (Wildman–Crippen LogP) is 1.33. The molecule has 1 saturated heterocycles. The molecule has 0 unspecified atom stereocenters. The Kier molecular flexibility index (Phi) is 2.73. The van der Waals surface area contributed by atoms with Gasteiger partial charge in [0.05, 0.1) is 0 Å². The van der Waals surface area contributed by atoms with Gasteiger partial charge in [-0.1, -0.05) is 0 Å². The molecule has 1 fully saturated rings. The first kappa shape index (κ1) is 9.52. The maximum absolute atomic E-state index is 10.7. The van der Waals surface area contributed by atoms with Crippen LogP contribution >= 0.6 is 0 Å². The predicted molar refractivity (Wildman–Crippen MR) is 47.1 cm³/mol. The number of aliphatic carboxylic acids is 1. The van der Waals surface area contributed by atoms with E-state index in [1.165, 1.54) is 0 Å². The summed E-state index contributed by atoms with van der Waals surface area (Å²) in [6.45, 7) is 5.96. The van der Waals surface area contributed by atoms with Gasteiger partial charge in [-0.05, 0) is 33.6 Å². The van der Waals surface area contributed by atoms with Gasteiger partial charge in [-0.15, -0.1) is 0 Å². The quantitative estimate of drug-likeness (QED) is 0.681. The highest BCUT2D eigenvalue weighted by Gasteiger charge is 2.33. The minimum Gasteiger partial charge on any atom is -0.480 e. The van der Waals surface area contributed by atoms with Crippen molar-refractivity contribution in [1.29, 1.82) is 0 Å². The molecule has 1 N–H and O–H groups in total. The second-order valence-corrected chi connectivity index (χ2v) is 3.74. The summed E-state index contributed by atoms with van der Waals surface area (Å²) in [5.41, 5.74) is 0. The van der Waals surface area contributed by atoms with Crippen LogP contribution in [0, 0.1) is 0 Å². The molecule has 70 valence electrons. The summed E-state index contributed by atoms with van der Waals surface area (Å²) in [6.07, 6.45) is 2.25. The van der Waals surface area contributed by atoms with Crippen molar-refractivity contribution < 1.29 is 9.90 Å². The Morgan fingerprint density at radius 2 is 1.83 bits per heavy atom. The Morgan fingerprint density at radius 1 is 1.42 bits per heavy atom. The van der Waals surface area contributed by atoms with Crippen molar-refractivity contribution >= 4 is 5.97 Å². The van der Waals surface area contributed by atoms with E-state index in [0.717, 1.165) is 12.8 Å². The summed E-state index contributed by atoms with van der Waals surface area (Å²) >= 11 is 0. The molecule has 0 aromatic rings. The number of hydrogen-bond donors (Lipinski definition) is 1. The molecule has 0 amide bonds. The van der Waals surface area contributed by atoms with E-state index in [4.69, 9.17) is 5.11 Å². The zero-order chi connectivity index (χ0) is 9.30. The SMILES string of the molecule is C[C@H](C(=O)O)N1[C@@H](C)CC[C@@H]1C. The highest BCUT2D eigenvalue weighted by molar-refractivity contribution is 5.73. The van der Waals surface area contributed by atoms with Crippen LogP contribution in [0.4, 0.5) is 0 Å². The van der Waals surface area contributed by atoms with Crippen molar-refractivity contribution in [2.45, 2.75) is 51.7 Å². The fourth-order valence-corrected chi connectivity index (χ4v) is 2.11. The summed E-state index contributed by atoms with van der Waals surface area (Å²) < 4.78 is 0. The molecule has 0 saturated carbocycles. The number of nitrogens with zero attached hydrogens (tertiary/aromatic N) is 1. The number of rotatable bonds is 2. The first-order chi connectivity index (χ1) is 5.54. The molecule has 0 aliphatic carbocycles. The molecule has 0 radical (unpaired) electrons. The zero-order valence-electron chi connectivity index (χ0n) is 7.95. The average molecular weight is 171 g/mol. The van der Waals surface area contributed by atoms with Crippen molar-refractivity contribution in [2.75, 3.05) is 0 Å². The Hall–Kier alpha value is -0.570. The van der Waals surface area contributed by atoms with Crippen LogP contribution in [-0.4, -0.2) is 34.1 Å². The van der Waals surface area contributed by atoms with Gasteiger partial charge in [0.25, 0.3) is 0 Å². The Labute approximate surface area is 73.4 Å². The van der Waals surface area contributed by atoms with Crippen LogP contribution in [0.15, 0.2) is 0 Å². The molecule has 3 heteroatoms. The largest absolute Gasteiger partial charge is 0.480 e. The van der Waals surface area contributed by atoms with E-state index in [2.05, 4.69) is 18.7 Å². The van der Waals surface area contributed by atoms with Gasteiger partial charge in [-0.2, -0.15) is 0 Å². The van der Waals surface area contributed by atoms with Crippen LogP contribution in [-0.2, 0) is 4.79 Å². The van der Waals surface area contributed by atoms with Gasteiger partial charge in [0, 0.05) is 12.1 Å². The van der Waals surface area contributed by atoms with Gasteiger partial charge in [0.15, 0.2) is 0 Å². The summed E-state index contributed by atoms with van der Waals surface area (Å²) in [4.78, 5) is 12.8. The number of carboxylic acids is 1. The number of likely N-dealkylation sites (tertiary alicyclic amines) is 1. The summed E-state index contributed by atoms with van der Waals surface area (Å²) in [6, 6.07) is 0.509. The van der Waals surface area contributed by atoms with Crippen LogP contribution in [0.2, 0.25) is 0 Å². The van der Waals surface area contributed by atoms with Gasteiger partial charge in [-0.3, -0.25) is 9.69 Å². The summed E-state index contributed by atoms with van der Waals surface area (Å²) in [5, 5.41) is 8.84. The van der Waals surface area contributed by atoms with E-state index in [1.54, 1.807) is 6.92 Å². The minimum atomic E-state index is -0.712. The standard InChI is InChI=1S/C9H17NO2/c1-6-4-5-7(2)10(6)8(3)9(11)12/h6-8H,4-5H2,1-3H3,(H,11,12)/t6-,7-,8+/m0/s1. The van der Waals surface area contributed by atoms with Crippen molar-refractivity contribution in [3.63, 3.8) is 0 Å². The zero-order valence-corrected chi connectivity index (χ0v) is 7.95. The second kappa shape index (κ2) is 3.44. The van der Waals surface area contributed by atoms with Crippen LogP contribution in [0.5, 0.6) is 0 Å². The topological polar surface area (TPSA) is 40.5 Å². The van der Waals surface area contributed by atoms with E-state index in [-0.39, 0.29) is 6.04 Å². The van der Waals surface area contributed by atoms with Gasteiger partial charge in [-0.25, -0.2) is 0 Å². The van der Waals surface area contributed by atoms with E-state index in [9.17, 15) is 4.79 Å². The van der Waals surface area contributed by atoms with Crippen molar-refractivity contribution in [1.82, 2.24) is 4.90 Å². The molecule has 3 atom stereocenters. The Bertz CT molecular complexity index is 171. The molecule has 1 aliphatic heterocycles. The van der Waals surface area contributed by atoms with E-state index in [1.807, 2.05) is 0 Å². The molecule has 0 aromatic carbocycles. The van der Waals surface area contributed by atoms with Gasteiger partial charge >= 0.3 is 5.97 Å². The lowest BCUT2D eigenvalue weighted by molar-refractivity contribution is -0.143. The molecule has 0 bridgehead atoms. The first-order valence-electron chi connectivity index (χ1n) is 4.54. The highest BCUT2D eigenvalue weighted by Crippen LogP contribution is 2.25. The van der Waals surface area contributed by atoms with Crippen LogP contribution in [0.25, 0.3) is 0 Å². The lowest BCUT2D eigenvalue weighted by Gasteiger charge is -2.29. The normalized spacial score (nSPS) is 33.6. The maximum Gasteiger partial charge on any atom is 0.320 e. The number of hydrogen-bond acceptors (Lipinski definition) is 2. The van der Waals surface area contributed by atoms with Crippen molar-refractivity contribution in [3.8, 4) is 0 Å². The molecule has 1 heterocycles. The third-order valence-electron chi connectivity index (χ3n) is 2.82. The third-order valence-corrected chi connectivity index (χ3v) is 2.82. The van der Waals surface area contributed by atoms with Crippen LogP contribution in [0.1, 0.15) is 33.6 Å². The fraction of sp³-hybridized carbons (Fsp3) is 0.889. The van der Waals surface area contributed by atoms with Crippen LogP contribution in [0.3, 0.4) is 0 Å². The average Bonchev–Trinajstić information content (AvgIpc) is 2.30. The van der Waals surface area contributed by atoms with Crippen LogP contribution < -0.4 is 0 Å². The summed E-state index contributed by atoms with van der Waals surface area (Å²) in [7, 11) is 0. The lowest BCUT2D eigenvalue weighted by Crippen LogP contribution is -2.44. The van der Waals surface area contributed by atoms with Gasteiger partial charge in [0.2, 0.25) is 0 Å².